The molecule has 1 saturated carbocycles. The first-order chi connectivity index (χ1) is 7.42. The van der Waals surface area contributed by atoms with Gasteiger partial charge in [-0.15, -0.1) is 11.6 Å². The number of halogens is 3. The first-order valence-corrected chi connectivity index (χ1v) is 6.16. The van der Waals surface area contributed by atoms with Gasteiger partial charge in [-0.1, -0.05) is 0 Å². The molecule has 1 heterocycles. The first-order valence-electron chi connectivity index (χ1n) is 5.72. The van der Waals surface area contributed by atoms with E-state index in [4.69, 9.17) is 11.6 Å². The molecule has 3 atom stereocenters. The second-order valence-corrected chi connectivity index (χ2v) is 5.53. The number of carbonyl (C=O) groups is 1. The van der Waals surface area contributed by atoms with Gasteiger partial charge in [-0.25, -0.2) is 8.78 Å². The Morgan fingerprint density at radius 1 is 1.50 bits per heavy atom. The van der Waals surface area contributed by atoms with Crippen LogP contribution in [0, 0.1) is 11.8 Å². The maximum atomic E-state index is 13.6. The van der Waals surface area contributed by atoms with Gasteiger partial charge < -0.3 is 4.90 Å². The summed E-state index contributed by atoms with van der Waals surface area (Å²) in [6.45, 7) is 2.22. The molecule has 1 saturated heterocycles. The Kier molecular flexibility index (Phi) is 3.12. The zero-order chi connectivity index (χ0) is 11.9. The Hall–Kier alpha value is -0.380. The number of hydrogen-bond donors (Lipinski definition) is 0. The van der Waals surface area contributed by atoms with Crippen molar-refractivity contribution < 1.29 is 13.6 Å². The third-order valence-electron chi connectivity index (χ3n) is 3.72. The van der Waals surface area contributed by atoms with Crippen LogP contribution in [0.3, 0.4) is 0 Å². The molecule has 5 heteroatoms. The molecule has 2 rings (SSSR count). The standard InChI is InChI=1S/C11H16ClF2NO/c1-7(12)10(16)15-5-8-3-2-4-11(13,14)9(8)6-15/h7-9H,2-6H2,1H3/t7-,8+,9+/m0/s1. The maximum Gasteiger partial charge on any atom is 0.252 e. The van der Waals surface area contributed by atoms with Crippen molar-refractivity contribution in [3.8, 4) is 0 Å². The maximum absolute atomic E-state index is 13.6. The van der Waals surface area contributed by atoms with Crippen molar-refractivity contribution >= 4 is 17.5 Å². The summed E-state index contributed by atoms with van der Waals surface area (Å²) >= 11 is 5.70. The minimum Gasteiger partial charge on any atom is -0.341 e. The van der Waals surface area contributed by atoms with Gasteiger partial charge in [0.15, 0.2) is 0 Å². The predicted molar refractivity (Wildman–Crippen MR) is 57.7 cm³/mol. The number of carbonyl (C=O) groups excluding carboxylic acids is 1. The highest BCUT2D eigenvalue weighted by atomic mass is 35.5. The van der Waals surface area contributed by atoms with E-state index in [1.54, 1.807) is 6.92 Å². The quantitative estimate of drug-likeness (QED) is 0.656. The first kappa shape index (κ1) is 12.1. The van der Waals surface area contributed by atoms with Crippen molar-refractivity contribution in [2.75, 3.05) is 13.1 Å². The van der Waals surface area contributed by atoms with Crippen molar-refractivity contribution in [2.45, 2.75) is 37.5 Å². The topological polar surface area (TPSA) is 20.3 Å². The van der Waals surface area contributed by atoms with E-state index in [0.29, 0.717) is 13.0 Å². The molecule has 1 amide bonds. The van der Waals surface area contributed by atoms with Gasteiger partial charge in [-0.2, -0.15) is 0 Å². The van der Waals surface area contributed by atoms with Gasteiger partial charge in [0.05, 0.1) is 0 Å². The van der Waals surface area contributed by atoms with Gasteiger partial charge >= 0.3 is 0 Å². The zero-order valence-corrected chi connectivity index (χ0v) is 10.0. The highest BCUT2D eigenvalue weighted by Crippen LogP contribution is 2.45. The van der Waals surface area contributed by atoms with Gasteiger partial charge in [-0.05, 0) is 25.7 Å². The highest BCUT2D eigenvalue weighted by Gasteiger charge is 2.51. The fourth-order valence-electron chi connectivity index (χ4n) is 2.86. The normalized spacial score (nSPS) is 34.6. The second-order valence-electron chi connectivity index (χ2n) is 4.88. The largest absolute Gasteiger partial charge is 0.341 e. The van der Waals surface area contributed by atoms with Crippen LogP contribution in [-0.2, 0) is 4.79 Å². The summed E-state index contributed by atoms with van der Waals surface area (Å²) in [6, 6.07) is 0. The van der Waals surface area contributed by atoms with Gasteiger partial charge in [0, 0.05) is 25.4 Å². The number of fused-ring (bicyclic) bond motifs is 1. The molecule has 16 heavy (non-hydrogen) atoms. The lowest BCUT2D eigenvalue weighted by atomic mass is 9.79. The Morgan fingerprint density at radius 2 is 2.19 bits per heavy atom. The molecule has 0 aromatic carbocycles. The SMILES string of the molecule is C[C@H](Cl)C(=O)N1C[C@H]2CCCC(F)(F)[C@@H]2C1. The van der Waals surface area contributed by atoms with Gasteiger partial charge in [0.1, 0.15) is 5.38 Å². The number of rotatable bonds is 1. The van der Waals surface area contributed by atoms with Crippen molar-refractivity contribution in [3.63, 3.8) is 0 Å². The molecule has 2 aliphatic rings. The van der Waals surface area contributed by atoms with Crippen LogP contribution in [0.5, 0.6) is 0 Å². The molecular weight excluding hydrogens is 236 g/mol. The lowest BCUT2D eigenvalue weighted by Gasteiger charge is -2.32. The summed E-state index contributed by atoms with van der Waals surface area (Å²) in [4.78, 5) is 13.2. The molecule has 0 aromatic heterocycles. The van der Waals surface area contributed by atoms with E-state index in [9.17, 15) is 13.6 Å². The van der Waals surface area contributed by atoms with Crippen LogP contribution >= 0.6 is 11.6 Å². The molecule has 2 fully saturated rings. The van der Waals surface area contributed by atoms with Crippen molar-refractivity contribution in [1.82, 2.24) is 4.90 Å². The lowest BCUT2D eigenvalue weighted by molar-refractivity contribution is -0.130. The van der Waals surface area contributed by atoms with Crippen LogP contribution in [0.1, 0.15) is 26.2 Å². The second kappa shape index (κ2) is 4.13. The van der Waals surface area contributed by atoms with Crippen LogP contribution in [0.15, 0.2) is 0 Å². The summed E-state index contributed by atoms with van der Waals surface area (Å²) in [5.74, 6) is -3.51. The van der Waals surface area contributed by atoms with Crippen LogP contribution in [0.4, 0.5) is 8.78 Å². The molecule has 2 nitrogen and oxygen atoms in total. The van der Waals surface area contributed by atoms with Crippen molar-refractivity contribution in [2.24, 2.45) is 11.8 Å². The van der Waals surface area contributed by atoms with Crippen molar-refractivity contribution in [1.29, 1.82) is 0 Å². The van der Waals surface area contributed by atoms with Gasteiger partial charge in [0.2, 0.25) is 5.91 Å². The van der Waals surface area contributed by atoms with E-state index in [0.717, 1.165) is 6.42 Å². The minimum absolute atomic E-state index is 0.0351. The summed E-state index contributed by atoms with van der Waals surface area (Å²) < 4.78 is 27.3. The number of nitrogens with zero attached hydrogens (tertiary/aromatic N) is 1. The molecule has 0 spiro atoms. The molecule has 1 aliphatic heterocycles. The Morgan fingerprint density at radius 3 is 2.75 bits per heavy atom. The van der Waals surface area contributed by atoms with Crippen molar-refractivity contribution in [3.05, 3.63) is 0 Å². The fourth-order valence-corrected chi connectivity index (χ4v) is 3.00. The highest BCUT2D eigenvalue weighted by molar-refractivity contribution is 6.30. The molecule has 0 N–H and O–H groups in total. The van der Waals surface area contributed by atoms with E-state index in [-0.39, 0.29) is 24.8 Å². The van der Waals surface area contributed by atoms with E-state index in [2.05, 4.69) is 0 Å². The lowest BCUT2D eigenvalue weighted by Crippen LogP contribution is -2.38. The molecule has 0 aromatic rings. The van der Waals surface area contributed by atoms with Crippen LogP contribution in [0.2, 0.25) is 0 Å². The van der Waals surface area contributed by atoms with Crippen LogP contribution in [-0.4, -0.2) is 35.2 Å². The number of alkyl halides is 3. The third-order valence-corrected chi connectivity index (χ3v) is 3.91. The van der Waals surface area contributed by atoms with Crippen LogP contribution < -0.4 is 0 Å². The molecule has 1 aliphatic carbocycles. The number of likely N-dealkylation sites (tertiary alicyclic amines) is 1. The number of hydrogen-bond acceptors (Lipinski definition) is 1. The summed E-state index contributed by atoms with van der Waals surface area (Å²) in [5, 5.41) is -0.617. The van der Waals surface area contributed by atoms with E-state index in [1.165, 1.54) is 4.90 Å². The summed E-state index contributed by atoms with van der Waals surface area (Å²) in [6.07, 6.45) is 1.33. The average Bonchev–Trinajstić information content (AvgIpc) is 2.61. The molecule has 0 radical (unpaired) electrons. The monoisotopic (exact) mass is 251 g/mol. The van der Waals surface area contributed by atoms with Gasteiger partial charge in [-0.3, -0.25) is 4.79 Å². The summed E-state index contributed by atoms with van der Waals surface area (Å²) in [5.41, 5.74) is 0. The average molecular weight is 252 g/mol. The molecule has 0 bridgehead atoms. The van der Waals surface area contributed by atoms with E-state index < -0.39 is 17.2 Å². The van der Waals surface area contributed by atoms with E-state index >= 15 is 0 Å². The smallest absolute Gasteiger partial charge is 0.252 e. The molecular formula is C11H16ClF2NO. The van der Waals surface area contributed by atoms with E-state index in [1.807, 2.05) is 0 Å². The zero-order valence-electron chi connectivity index (χ0n) is 9.26. The minimum atomic E-state index is -2.60. The Bertz CT molecular complexity index is 296. The van der Waals surface area contributed by atoms with Gasteiger partial charge in [0.25, 0.3) is 5.92 Å². The Labute approximate surface area is 98.9 Å². The molecule has 92 valence electrons. The Balaban J connectivity index is 2.08. The summed E-state index contributed by atoms with van der Waals surface area (Å²) in [7, 11) is 0. The van der Waals surface area contributed by atoms with Crippen LogP contribution in [0.25, 0.3) is 0 Å². The fraction of sp³-hybridized carbons (Fsp3) is 0.909. The number of amides is 1. The third kappa shape index (κ3) is 2.04. The molecule has 0 unspecified atom stereocenters. The predicted octanol–water partition coefficient (Wildman–Crippen LogP) is 2.51.